The zero-order valence-electron chi connectivity index (χ0n) is 17.0. The third kappa shape index (κ3) is 3.76. The highest BCUT2D eigenvalue weighted by atomic mass is 32.2. The van der Waals surface area contributed by atoms with E-state index in [2.05, 4.69) is 5.10 Å². The van der Waals surface area contributed by atoms with Crippen molar-refractivity contribution in [2.45, 2.75) is 31.3 Å². The average molecular weight is 425 g/mol. The van der Waals surface area contributed by atoms with E-state index in [-0.39, 0.29) is 17.3 Å². The number of sulfonamides is 1. The molecule has 0 fully saturated rings. The highest BCUT2D eigenvalue weighted by Gasteiger charge is 2.32. The Bertz CT molecular complexity index is 1160. The summed E-state index contributed by atoms with van der Waals surface area (Å²) in [4.78, 5) is 14.3. The summed E-state index contributed by atoms with van der Waals surface area (Å²) in [7, 11) is -1.73. The monoisotopic (exact) mass is 424 g/mol. The molecule has 7 nitrogen and oxygen atoms in total. The summed E-state index contributed by atoms with van der Waals surface area (Å²) in [6.07, 6.45) is 0.580. The molecule has 1 aliphatic rings. The molecule has 30 heavy (non-hydrogen) atoms. The molecular weight excluding hydrogens is 400 g/mol. The van der Waals surface area contributed by atoms with Gasteiger partial charge < -0.3 is 4.90 Å². The van der Waals surface area contributed by atoms with E-state index in [9.17, 15) is 13.2 Å². The van der Waals surface area contributed by atoms with Crippen LogP contribution >= 0.6 is 0 Å². The van der Waals surface area contributed by atoms with Gasteiger partial charge in [0.2, 0.25) is 15.9 Å². The third-order valence-electron chi connectivity index (χ3n) is 5.43. The van der Waals surface area contributed by atoms with E-state index in [1.54, 1.807) is 39.9 Å². The molecule has 2 heterocycles. The van der Waals surface area contributed by atoms with Crippen molar-refractivity contribution in [3.8, 4) is 0 Å². The van der Waals surface area contributed by atoms with Gasteiger partial charge >= 0.3 is 0 Å². The van der Waals surface area contributed by atoms with Gasteiger partial charge in [0.25, 0.3) is 0 Å². The highest BCUT2D eigenvalue weighted by molar-refractivity contribution is 7.89. The summed E-state index contributed by atoms with van der Waals surface area (Å²) >= 11 is 0. The van der Waals surface area contributed by atoms with Gasteiger partial charge in [-0.2, -0.15) is 9.40 Å². The van der Waals surface area contributed by atoms with Crippen molar-refractivity contribution in [2.24, 2.45) is 7.05 Å². The molecule has 0 saturated heterocycles. The van der Waals surface area contributed by atoms with Crippen LogP contribution in [0.25, 0.3) is 0 Å². The number of anilines is 1. The van der Waals surface area contributed by atoms with Gasteiger partial charge in [0.1, 0.15) is 0 Å². The number of amides is 1. The van der Waals surface area contributed by atoms with Crippen molar-refractivity contribution in [3.63, 3.8) is 0 Å². The zero-order valence-corrected chi connectivity index (χ0v) is 17.8. The van der Waals surface area contributed by atoms with E-state index in [4.69, 9.17) is 0 Å². The van der Waals surface area contributed by atoms with Crippen molar-refractivity contribution in [1.29, 1.82) is 0 Å². The first-order valence-corrected chi connectivity index (χ1v) is 11.2. The Morgan fingerprint density at radius 2 is 1.70 bits per heavy atom. The van der Waals surface area contributed by atoms with Crippen LogP contribution < -0.4 is 4.90 Å². The fourth-order valence-electron chi connectivity index (χ4n) is 3.86. The second-order valence-electron chi connectivity index (χ2n) is 7.34. The SMILES string of the molecule is CC(=O)N(Cc1nn(C)c2c1CN(S(=O)(=O)c1ccccc1)CC2)c1ccccc1. The molecule has 0 radical (unpaired) electrons. The van der Waals surface area contributed by atoms with Crippen molar-refractivity contribution in [2.75, 3.05) is 11.4 Å². The van der Waals surface area contributed by atoms with Gasteiger partial charge in [-0.25, -0.2) is 8.42 Å². The van der Waals surface area contributed by atoms with Crippen LogP contribution in [0.1, 0.15) is 23.9 Å². The van der Waals surface area contributed by atoms with Crippen LogP contribution in [0.3, 0.4) is 0 Å². The number of nitrogens with zero attached hydrogens (tertiary/aromatic N) is 4. The molecule has 0 unspecified atom stereocenters. The number of carbonyl (C=O) groups is 1. The molecule has 1 aliphatic heterocycles. The largest absolute Gasteiger partial charge is 0.307 e. The molecule has 0 spiro atoms. The van der Waals surface area contributed by atoms with Crippen LogP contribution in [0.5, 0.6) is 0 Å². The minimum atomic E-state index is -3.59. The maximum absolute atomic E-state index is 13.1. The fraction of sp³-hybridized carbons (Fsp3) is 0.273. The molecule has 156 valence electrons. The van der Waals surface area contributed by atoms with E-state index in [0.717, 1.165) is 22.6 Å². The predicted octanol–water partition coefficient (Wildman–Crippen LogP) is 2.72. The lowest BCUT2D eigenvalue weighted by Gasteiger charge is -2.27. The number of hydrogen-bond donors (Lipinski definition) is 0. The van der Waals surface area contributed by atoms with E-state index in [1.165, 1.54) is 11.2 Å². The lowest BCUT2D eigenvalue weighted by Crippen LogP contribution is -2.37. The minimum absolute atomic E-state index is 0.0924. The van der Waals surface area contributed by atoms with Gasteiger partial charge in [0.15, 0.2) is 0 Å². The maximum atomic E-state index is 13.1. The number of aryl methyl sites for hydroxylation is 1. The molecule has 3 aromatic rings. The summed E-state index contributed by atoms with van der Waals surface area (Å²) in [5.74, 6) is -0.0924. The van der Waals surface area contributed by atoms with Crippen LogP contribution in [0.2, 0.25) is 0 Å². The van der Waals surface area contributed by atoms with Crippen LogP contribution in [0.4, 0.5) is 5.69 Å². The molecule has 8 heteroatoms. The number of benzene rings is 2. The molecule has 4 rings (SSSR count). The van der Waals surface area contributed by atoms with Gasteiger partial charge in [-0.05, 0) is 24.3 Å². The van der Waals surface area contributed by atoms with E-state index in [0.29, 0.717) is 19.5 Å². The lowest BCUT2D eigenvalue weighted by atomic mass is 10.1. The topological polar surface area (TPSA) is 75.5 Å². The molecule has 0 N–H and O–H groups in total. The molecule has 0 atom stereocenters. The van der Waals surface area contributed by atoms with Crippen LogP contribution in [0.15, 0.2) is 65.6 Å². The Kier molecular flexibility index (Phi) is 5.44. The van der Waals surface area contributed by atoms with Crippen molar-refractivity contribution >= 4 is 21.6 Å². The van der Waals surface area contributed by atoms with E-state index >= 15 is 0 Å². The number of rotatable bonds is 5. The number of carbonyl (C=O) groups excluding carboxylic acids is 1. The Hall–Kier alpha value is -2.97. The third-order valence-corrected chi connectivity index (χ3v) is 7.29. The van der Waals surface area contributed by atoms with Gasteiger partial charge in [0.05, 0.1) is 17.1 Å². The fourth-order valence-corrected chi connectivity index (χ4v) is 5.29. The summed E-state index contributed by atoms with van der Waals surface area (Å²) in [5, 5.41) is 4.63. The Morgan fingerprint density at radius 3 is 2.33 bits per heavy atom. The van der Waals surface area contributed by atoms with E-state index < -0.39 is 10.0 Å². The Morgan fingerprint density at radius 1 is 1.07 bits per heavy atom. The van der Waals surface area contributed by atoms with Crippen LogP contribution in [0, 0.1) is 0 Å². The number of fused-ring (bicyclic) bond motifs is 1. The first-order valence-electron chi connectivity index (χ1n) is 9.80. The summed E-state index contributed by atoms with van der Waals surface area (Å²) in [6.45, 7) is 2.46. The number of aromatic nitrogens is 2. The normalized spacial score (nSPS) is 14.3. The second-order valence-corrected chi connectivity index (χ2v) is 9.28. The predicted molar refractivity (Wildman–Crippen MR) is 114 cm³/mol. The summed E-state index contributed by atoms with van der Waals surface area (Å²) < 4.78 is 29.5. The Labute approximate surface area is 176 Å². The molecule has 2 aromatic carbocycles. The summed E-state index contributed by atoms with van der Waals surface area (Å²) in [5.41, 5.74) is 3.40. The van der Waals surface area contributed by atoms with Crippen molar-refractivity contribution in [1.82, 2.24) is 14.1 Å². The van der Waals surface area contributed by atoms with Gasteiger partial charge in [-0.1, -0.05) is 36.4 Å². The first kappa shape index (κ1) is 20.3. The van der Waals surface area contributed by atoms with Crippen LogP contribution in [-0.2, 0) is 41.4 Å². The molecule has 1 aromatic heterocycles. The number of hydrogen-bond acceptors (Lipinski definition) is 4. The van der Waals surface area contributed by atoms with Crippen molar-refractivity contribution < 1.29 is 13.2 Å². The number of para-hydroxylation sites is 1. The van der Waals surface area contributed by atoms with Crippen molar-refractivity contribution in [3.05, 3.63) is 77.6 Å². The standard InChI is InChI=1S/C22H24N4O3S/c1-17(27)26(18-9-5-3-6-10-18)16-21-20-15-25(14-13-22(20)24(2)23-21)30(28,29)19-11-7-4-8-12-19/h3-12H,13-16H2,1-2H3. The quantitative estimate of drug-likeness (QED) is 0.631. The molecule has 0 saturated carbocycles. The molecular formula is C22H24N4O3S. The van der Waals surface area contributed by atoms with Gasteiger partial charge in [0, 0.05) is 50.4 Å². The smallest absolute Gasteiger partial charge is 0.243 e. The second kappa shape index (κ2) is 8.04. The molecule has 0 aliphatic carbocycles. The highest BCUT2D eigenvalue weighted by Crippen LogP contribution is 2.28. The zero-order chi connectivity index (χ0) is 21.3. The average Bonchev–Trinajstić information content (AvgIpc) is 3.08. The van der Waals surface area contributed by atoms with Gasteiger partial charge in [-0.15, -0.1) is 0 Å². The first-order chi connectivity index (χ1) is 14.4. The minimum Gasteiger partial charge on any atom is -0.307 e. The Balaban J connectivity index is 1.66. The maximum Gasteiger partial charge on any atom is 0.243 e. The molecule has 0 bridgehead atoms. The van der Waals surface area contributed by atoms with Crippen LogP contribution in [-0.4, -0.2) is 35.0 Å². The van der Waals surface area contributed by atoms with Gasteiger partial charge in [-0.3, -0.25) is 9.48 Å². The van der Waals surface area contributed by atoms with E-state index in [1.807, 2.05) is 37.4 Å². The lowest BCUT2D eigenvalue weighted by molar-refractivity contribution is -0.116. The summed E-state index contributed by atoms with van der Waals surface area (Å²) in [6, 6.07) is 17.9. The molecule has 1 amide bonds.